The zero-order chi connectivity index (χ0) is 17.7. The molecule has 2 N–H and O–H groups in total. The van der Waals surface area contributed by atoms with Crippen molar-refractivity contribution in [1.29, 1.82) is 0 Å². The number of nitrogens with zero attached hydrogens (tertiary/aromatic N) is 1. The Morgan fingerprint density at radius 3 is 2.54 bits per heavy atom. The molecule has 2 rings (SSSR count). The molecule has 5 heteroatoms. The quantitative estimate of drug-likeness (QED) is 0.817. The van der Waals surface area contributed by atoms with Crippen LogP contribution in [0.5, 0.6) is 11.5 Å². The van der Waals surface area contributed by atoms with Crippen LogP contribution in [0.3, 0.4) is 0 Å². The van der Waals surface area contributed by atoms with Gasteiger partial charge in [-0.2, -0.15) is 0 Å². The minimum atomic E-state index is 0.0656. The molecule has 0 aliphatic carbocycles. The van der Waals surface area contributed by atoms with Crippen molar-refractivity contribution in [2.24, 2.45) is 5.73 Å². The highest BCUT2D eigenvalue weighted by molar-refractivity contribution is 7.09. The van der Waals surface area contributed by atoms with Gasteiger partial charge in [0.1, 0.15) is 0 Å². The van der Waals surface area contributed by atoms with E-state index in [0.717, 1.165) is 28.6 Å². The van der Waals surface area contributed by atoms with Gasteiger partial charge in [-0.15, -0.1) is 11.3 Å². The zero-order valence-corrected chi connectivity index (χ0v) is 16.1. The Morgan fingerprint density at radius 1 is 1.25 bits per heavy atom. The second-order valence-electron chi connectivity index (χ2n) is 6.88. The van der Waals surface area contributed by atoms with Crippen molar-refractivity contribution in [2.45, 2.75) is 45.4 Å². The molecule has 132 valence electrons. The summed E-state index contributed by atoms with van der Waals surface area (Å²) in [6.07, 6.45) is 0.845. The Kier molecular flexibility index (Phi) is 6.24. The zero-order valence-electron chi connectivity index (χ0n) is 15.3. The van der Waals surface area contributed by atoms with Crippen LogP contribution < -0.4 is 15.2 Å². The molecule has 0 spiro atoms. The molecule has 1 heterocycles. The average Bonchev–Trinajstić information content (AvgIpc) is 3.03. The molecule has 1 unspecified atom stereocenters. The van der Waals surface area contributed by atoms with Gasteiger partial charge in [-0.25, -0.2) is 4.98 Å². The molecule has 4 nitrogen and oxygen atoms in total. The molecule has 1 aromatic heterocycles. The second kappa shape index (κ2) is 7.99. The molecular formula is C19H28N2O2S. The number of ether oxygens (including phenoxy) is 2. The lowest BCUT2D eigenvalue weighted by Gasteiger charge is -2.16. The summed E-state index contributed by atoms with van der Waals surface area (Å²) in [5.41, 5.74) is 8.41. The molecule has 0 radical (unpaired) electrons. The maximum Gasteiger partial charge on any atom is 0.161 e. The number of rotatable bonds is 7. The fourth-order valence-electron chi connectivity index (χ4n) is 2.49. The third-order valence-corrected chi connectivity index (χ3v) is 4.94. The first-order chi connectivity index (χ1) is 11.4. The lowest BCUT2D eigenvalue weighted by Crippen LogP contribution is -2.16. The number of hydrogen-bond donors (Lipinski definition) is 1. The maximum atomic E-state index is 6.03. The molecule has 0 bridgehead atoms. The van der Waals surface area contributed by atoms with Gasteiger partial charge in [0.05, 0.1) is 24.4 Å². The molecule has 0 saturated carbocycles. The van der Waals surface area contributed by atoms with Crippen molar-refractivity contribution in [3.63, 3.8) is 0 Å². The molecule has 0 aliphatic heterocycles. The Bertz CT molecular complexity index is 662. The fourth-order valence-corrected chi connectivity index (χ4v) is 3.65. The van der Waals surface area contributed by atoms with E-state index in [-0.39, 0.29) is 11.3 Å². The third kappa shape index (κ3) is 4.48. The van der Waals surface area contributed by atoms with Crippen molar-refractivity contribution in [3.05, 3.63) is 39.8 Å². The van der Waals surface area contributed by atoms with E-state index in [0.29, 0.717) is 13.2 Å². The molecule has 24 heavy (non-hydrogen) atoms. The highest BCUT2D eigenvalue weighted by atomic mass is 32.1. The van der Waals surface area contributed by atoms with Crippen LogP contribution in [0, 0.1) is 0 Å². The first-order valence-corrected chi connectivity index (χ1v) is 9.22. The standard InChI is InChI=1S/C19H28N2O2S/c1-6-23-16-10-13(7-8-15(16)22-5)9-14(11-20)18-21-17(12-24-18)19(2,3)4/h7-8,10,12,14H,6,9,11,20H2,1-5H3. The van der Waals surface area contributed by atoms with Gasteiger partial charge in [0.2, 0.25) is 0 Å². The highest BCUT2D eigenvalue weighted by Gasteiger charge is 2.21. The Morgan fingerprint density at radius 2 is 2.00 bits per heavy atom. The smallest absolute Gasteiger partial charge is 0.161 e. The monoisotopic (exact) mass is 348 g/mol. The normalized spacial score (nSPS) is 12.9. The predicted octanol–water partition coefficient (Wildman–Crippen LogP) is 4.13. The van der Waals surface area contributed by atoms with Crippen LogP contribution in [0.1, 0.15) is 49.9 Å². The van der Waals surface area contributed by atoms with E-state index < -0.39 is 0 Å². The number of hydrogen-bond acceptors (Lipinski definition) is 5. The van der Waals surface area contributed by atoms with Crippen LogP contribution >= 0.6 is 11.3 Å². The minimum absolute atomic E-state index is 0.0656. The molecule has 1 atom stereocenters. The van der Waals surface area contributed by atoms with Crippen LogP contribution in [0.2, 0.25) is 0 Å². The Labute approximate surface area is 149 Å². The summed E-state index contributed by atoms with van der Waals surface area (Å²) in [5.74, 6) is 1.76. The highest BCUT2D eigenvalue weighted by Crippen LogP contribution is 2.32. The SMILES string of the molecule is CCOc1cc(CC(CN)c2nc(C(C)(C)C)cs2)ccc1OC. The van der Waals surface area contributed by atoms with Gasteiger partial charge < -0.3 is 15.2 Å². The van der Waals surface area contributed by atoms with Gasteiger partial charge in [-0.1, -0.05) is 26.8 Å². The van der Waals surface area contributed by atoms with Gasteiger partial charge >= 0.3 is 0 Å². The lowest BCUT2D eigenvalue weighted by molar-refractivity contribution is 0.310. The maximum absolute atomic E-state index is 6.03. The second-order valence-corrected chi connectivity index (χ2v) is 7.77. The van der Waals surface area contributed by atoms with E-state index in [1.807, 2.05) is 19.1 Å². The van der Waals surface area contributed by atoms with E-state index >= 15 is 0 Å². The van der Waals surface area contributed by atoms with Gasteiger partial charge in [-0.05, 0) is 31.0 Å². The van der Waals surface area contributed by atoms with E-state index in [2.05, 4.69) is 32.2 Å². The molecule has 0 aliphatic rings. The Hall–Kier alpha value is -1.59. The molecule has 0 saturated heterocycles. The lowest BCUT2D eigenvalue weighted by atomic mass is 9.93. The summed E-state index contributed by atoms with van der Waals surface area (Å²) in [6.45, 7) is 9.70. The van der Waals surface area contributed by atoms with E-state index in [9.17, 15) is 0 Å². The van der Waals surface area contributed by atoms with E-state index in [1.54, 1.807) is 18.4 Å². The number of methoxy groups -OCH3 is 1. The summed E-state index contributed by atoms with van der Waals surface area (Å²) in [4.78, 5) is 4.82. The fraction of sp³-hybridized carbons (Fsp3) is 0.526. The van der Waals surface area contributed by atoms with Crippen LogP contribution in [0.15, 0.2) is 23.6 Å². The summed E-state index contributed by atoms with van der Waals surface area (Å²) in [7, 11) is 1.66. The van der Waals surface area contributed by atoms with E-state index in [1.165, 1.54) is 5.56 Å². The van der Waals surface area contributed by atoms with Crippen LogP contribution in [-0.4, -0.2) is 25.2 Å². The van der Waals surface area contributed by atoms with Crippen LogP contribution in [0.4, 0.5) is 0 Å². The molecule has 1 aromatic carbocycles. The first-order valence-electron chi connectivity index (χ1n) is 8.34. The summed E-state index contributed by atoms with van der Waals surface area (Å²) < 4.78 is 11.0. The van der Waals surface area contributed by atoms with Crippen LogP contribution in [-0.2, 0) is 11.8 Å². The average molecular weight is 349 g/mol. The van der Waals surface area contributed by atoms with Gasteiger partial charge in [0, 0.05) is 23.3 Å². The van der Waals surface area contributed by atoms with Crippen molar-refractivity contribution in [3.8, 4) is 11.5 Å². The topological polar surface area (TPSA) is 57.4 Å². The van der Waals surface area contributed by atoms with Gasteiger partial charge in [-0.3, -0.25) is 0 Å². The minimum Gasteiger partial charge on any atom is -0.493 e. The van der Waals surface area contributed by atoms with Crippen molar-refractivity contribution in [2.75, 3.05) is 20.3 Å². The Balaban J connectivity index is 2.21. The molecule has 0 fully saturated rings. The molecule has 2 aromatic rings. The van der Waals surface area contributed by atoms with Crippen molar-refractivity contribution < 1.29 is 9.47 Å². The summed E-state index contributed by atoms with van der Waals surface area (Å²) in [6, 6.07) is 6.07. The first kappa shape index (κ1) is 18.7. The van der Waals surface area contributed by atoms with Crippen molar-refractivity contribution in [1.82, 2.24) is 4.98 Å². The van der Waals surface area contributed by atoms with E-state index in [4.69, 9.17) is 20.2 Å². The molecular weight excluding hydrogens is 320 g/mol. The number of nitrogens with two attached hydrogens (primary N) is 1. The number of benzene rings is 1. The number of thiazole rings is 1. The van der Waals surface area contributed by atoms with Crippen LogP contribution in [0.25, 0.3) is 0 Å². The summed E-state index contributed by atoms with van der Waals surface area (Å²) in [5, 5.41) is 3.26. The van der Waals surface area contributed by atoms with Crippen molar-refractivity contribution >= 4 is 11.3 Å². The summed E-state index contributed by atoms with van der Waals surface area (Å²) >= 11 is 1.70. The van der Waals surface area contributed by atoms with Gasteiger partial charge in [0.15, 0.2) is 11.5 Å². The van der Waals surface area contributed by atoms with Gasteiger partial charge in [0.25, 0.3) is 0 Å². The number of aromatic nitrogens is 1. The largest absolute Gasteiger partial charge is 0.493 e. The third-order valence-electron chi connectivity index (χ3n) is 3.93. The predicted molar refractivity (Wildman–Crippen MR) is 100 cm³/mol. The molecule has 0 amide bonds.